The molecule has 0 spiro atoms. The molecule has 1 amide bonds. The Morgan fingerprint density at radius 2 is 2.12 bits per heavy atom. The normalized spacial score (nSPS) is 13.8. The van der Waals surface area contributed by atoms with Crippen molar-refractivity contribution in [3.8, 4) is 0 Å². The number of halogens is 4. The number of hydrogen-bond donors (Lipinski definition) is 0. The quantitative estimate of drug-likeness (QED) is 0.748. The molecule has 0 saturated heterocycles. The fourth-order valence-electron chi connectivity index (χ4n) is 0.777. The van der Waals surface area contributed by atoms with Crippen LogP contribution in [0, 0.1) is 0 Å². The van der Waals surface area contributed by atoms with Crippen molar-refractivity contribution in [2.24, 2.45) is 4.36 Å². The average Bonchev–Trinajstić information content (AvgIpc) is 2.16. The number of alkyl halides is 3. The third-order valence-electron chi connectivity index (χ3n) is 1.45. The molecular formula is C8H6BrF3N2OS. The van der Waals surface area contributed by atoms with E-state index >= 15 is 0 Å². The van der Waals surface area contributed by atoms with Gasteiger partial charge in [0.1, 0.15) is 9.63 Å². The fraction of sp³-hybridized carbons (Fsp3) is 0.250. The van der Waals surface area contributed by atoms with Crippen molar-refractivity contribution in [1.29, 1.82) is 0 Å². The maximum atomic E-state index is 11.9. The Kier molecular flexibility index (Phi) is 4.20. The van der Waals surface area contributed by atoms with E-state index in [0.717, 1.165) is 0 Å². The minimum absolute atomic E-state index is 0.326. The van der Waals surface area contributed by atoms with Crippen molar-refractivity contribution in [3.63, 3.8) is 0 Å². The Balaban J connectivity index is 2.99. The maximum absolute atomic E-state index is 11.9. The highest BCUT2D eigenvalue weighted by Crippen LogP contribution is 2.18. The van der Waals surface area contributed by atoms with Gasteiger partial charge in [-0.25, -0.2) is 4.98 Å². The Morgan fingerprint density at radius 1 is 1.50 bits per heavy atom. The standard InChI is InChI=1S/C8H6BrF3N2OS/c1-16(14-7(15)8(10,11)12)6-4-2-3-5(9)13-6/h2-4H,1H3. The molecule has 0 aliphatic rings. The summed E-state index contributed by atoms with van der Waals surface area (Å²) in [5.41, 5.74) is 0. The second-order valence-corrected chi connectivity index (χ2v) is 5.04. The zero-order valence-corrected chi connectivity index (χ0v) is 10.4. The zero-order valence-electron chi connectivity index (χ0n) is 7.95. The lowest BCUT2D eigenvalue weighted by molar-refractivity contribution is -0.169. The van der Waals surface area contributed by atoms with E-state index in [9.17, 15) is 18.0 Å². The van der Waals surface area contributed by atoms with Gasteiger partial charge in [-0.1, -0.05) is 6.07 Å². The summed E-state index contributed by atoms with van der Waals surface area (Å²) in [6.07, 6.45) is -3.52. The molecule has 0 aromatic carbocycles. The predicted octanol–water partition coefficient (Wildman–Crippen LogP) is 2.72. The topological polar surface area (TPSA) is 42.3 Å². The molecule has 16 heavy (non-hydrogen) atoms. The van der Waals surface area contributed by atoms with E-state index in [2.05, 4.69) is 25.3 Å². The minimum atomic E-state index is -4.92. The molecule has 3 nitrogen and oxygen atoms in total. The summed E-state index contributed by atoms with van der Waals surface area (Å²) in [5, 5.41) is 0.326. The first-order valence-corrected chi connectivity index (χ1v) is 6.30. The van der Waals surface area contributed by atoms with E-state index < -0.39 is 22.8 Å². The molecule has 1 unspecified atom stereocenters. The number of carbonyl (C=O) groups excluding carboxylic acids is 1. The summed E-state index contributed by atoms with van der Waals surface area (Å²) in [6, 6.07) is 4.76. The first-order chi connectivity index (χ1) is 7.30. The molecule has 88 valence electrons. The van der Waals surface area contributed by atoms with Crippen LogP contribution >= 0.6 is 15.9 Å². The van der Waals surface area contributed by atoms with Gasteiger partial charge < -0.3 is 0 Å². The summed E-state index contributed by atoms with van der Waals surface area (Å²) < 4.78 is 39.3. The Labute approximate surface area is 100 Å². The highest BCUT2D eigenvalue weighted by Gasteiger charge is 2.38. The van der Waals surface area contributed by atoms with E-state index in [1.807, 2.05) is 0 Å². The van der Waals surface area contributed by atoms with Gasteiger partial charge in [0.15, 0.2) is 0 Å². The zero-order chi connectivity index (χ0) is 12.3. The van der Waals surface area contributed by atoms with Crippen molar-refractivity contribution in [2.75, 3.05) is 6.26 Å². The van der Waals surface area contributed by atoms with Crippen LogP contribution in [0.25, 0.3) is 0 Å². The maximum Gasteiger partial charge on any atom is 0.474 e. The second kappa shape index (κ2) is 5.05. The van der Waals surface area contributed by atoms with Crippen molar-refractivity contribution >= 4 is 32.5 Å². The smallest absolute Gasteiger partial charge is 0.261 e. The molecule has 0 N–H and O–H groups in total. The van der Waals surface area contributed by atoms with Crippen molar-refractivity contribution in [1.82, 2.24) is 4.98 Å². The van der Waals surface area contributed by atoms with Gasteiger partial charge in [-0.05, 0) is 45.0 Å². The first kappa shape index (κ1) is 13.3. The summed E-state index contributed by atoms with van der Waals surface area (Å²) in [6.45, 7) is 0. The van der Waals surface area contributed by atoms with Crippen LogP contribution in [0.3, 0.4) is 0 Å². The van der Waals surface area contributed by atoms with E-state index in [4.69, 9.17) is 0 Å². The first-order valence-electron chi connectivity index (χ1n) is 3.92. The lowest BCUT2D eigenvalue weighted by Crippen LogP contribution is -2.20. The third kappa shape index (κ3) is 3.67. The van der Waals surface area contributed by atoms with E-state index in [-0.39, 0.29) is 0 Å². The number of pyridine rings is 1. The number of rotatable bonds is 1. The number of hydrogen-bond acceptors (Lipinski definition) is 2. The van der Waals surface area contributed by atoms with Crippen LogP contribution < -0.4 is 0 Å². The van der Waals surface area contributed by atoms with E-state index in [1.54, 1.807) is 12.1 Å². The summed E-state index contributed by atoms with van der Waals surface area (Å²) >= 11 is 3.08. The summed E-state index contributed by atoms with van der Waals surface area (Å²) in [7, 11) is -1.21. The number of amides is 1. The lowest BCUT2D eigenvalue weighted by atomic mass is 10.5. The van der Waals surface area contributed by atoms with Gasteiger partial charge in [-0.15, -0.1) is 0 Å². The molecule has 0 aliphatic carbocycles. The van der Waals surface area contributed by atoms with Gasteiger partial charge in [0.25, 0.3) is 0 Å². The van der Waals surface area contributed by atoms with Crippen LogP contribution in [0.15, 0.2) is 32.2 Å². The van der Waals surface area contributed by atoms with E-state index in [0.29, 0.717) is 9.63 Å². The minimum Gasteiger partial charge on any atom is -0.261 e. The van der Waals surface area contributed by atoms with Crippen LogP contribution in [0.1, 0.15) is 0 Å². The molecule has 8 heteroatoms. The Bertz CT molecular complexity index is 447. The van der Waals surface area contributed by atoms with Crippen LogP contribution in [0.4, 0.5) is 13.2 Å². The lowest BCUT2D eigenvalue weighted by Gasteiger charge is -2.03. The molecule has 0 saturated carbocycles. The van der Waals surface area contributed by atoms with Gasteiger partial charge in [0.2, 0.25) is 0 Å². The molecule has 1 rings (SSSR count). The van der Waals surface area contributed by atoms with Gasteiger partial charge in [-0.3, -0.25) is 4.79 Å². The summed E-state index contributed by atoms with van der Waals surface area (Å²) in [5.74, 6) is -2.08. The van der Waals surface area contributed by atoms with Crippen LogP contribution in [-0.2, 0) is 15.5 Å². The third-order valence-corrected chi connectivity index (χ3v) is 3.17. The molecule has 1 aromatic heterocycles. The average molecular weight is 315 g/mol. The SMILES string of the molecule is CS(=NC(=O)C(F)(F)F)c1cccc(Br)n1. The van der Waals surface area contributed by atoms with Gasteiger partial charge in [-0.2, -0.15) is 17.5 Å². The molecule has 1 atom stereocenters. The van der Waals surface area contributed by atoms with Gasteiger partial charge in [0.05, 0.1) is 0 Å². The molecule has 1 aromatic rings. The number of carbonyl (C=O) groups is 1. The number of nitrogens with zero attached hydrogens (tertiary/aromatic N) is 2. The van der Waals surface area contributed by atoms with Crippen LogP contribution in [0.2, 0.25) is 0 Å². The van der Waals surface area contributed by atoms with Gasteiger partial charge in [0, 0.05) is 0 Å². The van der Waals surface area contributed by atoms with Crippen molar-refractivity contribution in [2.45, 2.75) is 11.2 Å². The number of aromatic nitrogens is 1. The molecule has 0 fully saturated rings. The largest absolute Gasteiger partial charge is 0.474 e. The molecule has 0 radical (unpaired) electrons. The predicted molar refractivity (Wildman–Crippen MR) is 57.0 cm³/mol. The highest BCUT2D eigenvalue weighted by atomic mass is 79.9. The Hall–Kier alpha value is -0.760. The molecular weight excluding hydrogens is 309 g/mol. The van der Waals surface area contributed by atoms with Crippen LogP contribution in [0.5, 0.6) is 0 Å². The second-order valence-electron chi connectivity index (χ2n) is 2.67. The molecule has 0 aliphatic heterocycles. The monoisotopic (exact) mass is 314 g/mol. The van der Waals surface area contributed by atoms with E-state index in [1.165, 1.54) is 12.3 Å². The fourth-order valence-corrected chi connectivity index (χ4v) is 2.19. The van der Waals surface area contributed by atoms with Crippen LogP contribution in [-0.4, -0.2) is 23.3 Å². The van der Waals surface area contributed by atoms with Gasteiger partial charge >= 0.3 is 12.1 Å². The van der Waals surface area contributed by atoms with Crippen molar-refractivity contribution < 1.29 is 18.0 Å². The van der Waals surface area contributed by atoms with Crippen molar-refractivity contribution in [3.05, 3.63) is 22.8 Å². The summed E-state index contributed by atoms with van der Waals surface area (Å²) in [4.78, 5) is 14.5. The Morgan fingerprint density at radius 3 is 2.62 bits per heavy atom. The molecule has 1 heterocycles. The molecule has 0 bridgehead atoms. The highest BCUT2D eigenvalue weighted by molar-refractivity contribution is 9.10.